The van der Waals surface area contributed by atoms with Crippen LogP contribution >= 0.6 is 0 Å². The van der Waals surface area contributed by atoms with Crippen LogP contribution in [0.5, 0.6) is 5.75 Å². The average molecular weight is 220 g/mol. The second-order valence-electron chi connectivity index (χ2n) is 3.21. The summed E-state index contributed by atoms with van der Waals surface area (Å²) in [6.45, 7) is 8.19. The van der Waals surface area contributed by atoms with Crippen LogP contribution in [0, 0.1) is 0 Å². The molecule has 0 saturated carbocycles. The Labute approximate surface area is 95.4 Å². The highest BCUT2D eigenvalue weighted by Gasteiger charge is 1.93. The maximum Gasteiger partial charge on any atom is 0.330 e. The lowest BCUT2D eigenvalue weighted by Gasteiger charge is -1.97. The number of carboxylic acid groups (broad SMARTS) is 1. The van der Waals surface area contributed by atoms with Gasteiger partial charge >= 0.3 is 5.97 Å². The predicted octanol–water partition coefficient (Wildman–Crippen LogP) is 2.77. The molecule has 0 saturated heterocycles. The fraction of sp³-hybridized carbons (Fsp3) is 0.154. The summed E-state index contributed by atoms with van der Waals surface area (Å²) in [7, 11) is 0. The zero-order valence-corrected chi connectivity index (χ0v) is 9.31. The number of benzene rings is 1. The van der Waals surface area contributed by atoms with E-state index in [0.29, 0.717) is 5.75 Å². The van der Waals surface area contributed by atoms with Gasteiger partial charge in [-0.25, -0.2) is 4.79 Å². The molecule has 0 fully saturated rings. The maximum atomic E-state index is 9.60. The van der Waals surface area contributed by atoms with Crippen LogP contribution in [-0.4, -0.2) is 16.2 Å². The molecule has 0 amide bonds. The van der Waals surface area contributed by atoms with Crippen molar-refractivity contribution in [2.45, 2.75) is 13.3 Å². The quantitative estimate of drug-likeness (QED) is 0.608. The van der Waals surface area contributed by atoms with E-state index in [0.717, 1.165) is 12.0 Å². The van der Waals surface area contributed by atoms with Crippen LogP contribution in [0.25, 0.3) is 0 Å². The number of hydrogen-bond donors (Lipinski definition) is 2. The molecule has 3 nitrogen and oxygen atoms in total. The molecule has 1 aromatic carbocycles. The molecule has 0 spiro atoms. The molecule has 2 N–H and O–H groups in total. The molecule has 0 heterocycles. The van der Waals surface area contributed by atoms with Crippen molar-refractivity contribution >= 4 is 5.97 Å². The van der Waals surface area contributed by atoms with Crippen LogP contribution < -0.4 is 0 Å². The van der Waals surface area contributed by atoms with Crippen molar-refractivity contribution in [3.05, 3.63) is 54.6 Å². The van der Waals surface area contributed by atoms with Crippen LogP contribution in [0.3, 0.4) is 0 Å². The number of carbonyl (C=O) groups is 1. The third kappa shape index (κ3) is 5.65. The van der Waals surface area contributed by atoms with E-state index in [-0.39, 0.29) is 5.57 Å². The molecule has 0 atom stereocenters. The minimum atomic E-state index is -0.935. The number of para-hydroxylation sites is 1. The summed E-state index contributed by atoms with van der Waals surface area (Å²) in [5.41, 5.74) is 1.10. The van der Waals surface area contributed by atoms with E-state index in [4.69, 9.17) is 5.11 Å². The molecule has 0 aliphatic carbocycles. The van der Waals surface area contributed by atoms with Crippen LogP contribution in [0.4, 0.5) is 0 Å². The van der Waals surface area contributed by atoms with Gasteiger partial charge in [0, 0.05) is 5.57 Å². The van der Waals surface area contributed by atoms with E-state index in [1.54, 1.807) is 12.1 Å². The Bertz CT molecular complexity index is 369. The van der Waals surface area contributed by atoms with Crippen LogP contribution in [0.15, 0.2) is 49.1 Å². The van der Waals surface area contributed by atoms with Crippen LogP contribution in [0.2, 0.25) is 0 Å². The number of allylic oxidation sites excluding steroid dienone is 1. The molecule has 0 aromatic heterocycles. The highest BCUT2D eigenvalue weighted by atomic mass is 16.4. The number of hydrogen-bond acceptors (Lipinski definition) is 2. The highest BCUT2D eigenvalue weighted by Crippen LogP contribution is 2.15. The summed E-state index contributed by atoms with van der Waals surface area (Å²) < 4.78 is 0. The number of phenols is 1. The van der Waals surface area contributed by atoms with E-state index in [1.807, 2.05) is 18.2 Å². The lowest BCUT2D eigenvalue weighted by Crippen LogP contribution is -1.92. The number of aromatic hydroxyl groups is 1. The summed E-state index contributed by atoms with van der Waals surface area (Å²) in [4.78, 5) is 9.60. The van der Waals surface area contributed by atoms with Gasteiger partial charge in [-0.3, -0.25) is 0 Å². The lowest BCUT2D eigenvalue weighted by molar-refractivity contribution is -0.132. The molecular formula is C13H16O3. The van der Waals surface area contributed by atoms with E-state index in [9.17, 15) is 9.90 Å². The minimum absolute atomic E-state index is 0.176. The highest BCUT2D eigenvalue weighted by molar-refractivity contribution is 5.84. The van der Waals surface area contributed by atoms with Gasteiger partial charge in [-0.1, -0.05) is 30.9 Å². The number of carboxylic acids is 1. The normalized spacial score (nSPS) is 8.56. The van der Waals surface area contributed by atoms with Gasteiger partial charge in [0.25, 0.3) is 0 Å². The first-order valence-corrected chi connectivity index (χ1v) is 4.75. The Hall–Kier alpha value is -2.03. The largest absolute Gasteiger partial charge is 0.508 e. The Morgan fingerprint density at radius 3 is 2.31 bits per heavy atom. The van der Waals surface area contributed by atoms with Crippen molar-refractivity contribution in [1.29, 1.82) is 0 Å². The summed E-state index contributed by atoms with van der Waals surface area (Å²) in [6, 6.07) is 7.27. The standard InChI is InChI=1S/C9H10O.C4H6O2/c1-2-5-8-6-3-4-7-9(8)10;1-3(2)4(5)6/h2-4,6-7,10H,1,5H2;1H2,2H3,(H,5,6). The van der Waals surface area contributed by atoms with Gasteiger partial charge in [0.1, 0.15) is 5.75 Å². The summed E-state index contributed by atoms with van der Waals surface area (Å²) in [5.74, 6) is -0.586. The number of phenolic OH excluding ortho intramolecular Hbond substituents is 1. The molecule has 16 heavy (non-hydrogen) atoms. The summed E-state index contributed by atoms with van der Waals surface area (Å²) in [5, 5.41) is 17.1. The Balaban J connectivity index is 0.000000325. The van der Waals surface area contributed by atoms with Gasteiger partial charge in [-0.05, 0) is 25.0 Å². The van der Waals surface area contributed by atoms with Crippen molar-refractivity contribution in [3.63, 3.8) is 0 Å². The topological polar surface area (TPSA) is 57.5 Å². The van der Waals surface area contributed by atoms with Gasteiger partial charge in [0.05, 0.1) is 0 Å². The first-order valence-electron chi connectivity index (χ1n) is 4.75. The third-order valence-corrected chi connectivity index (χ3v) is 1.72. The van der Waals surface area contributed by atoms with Crippen molar-refractivity contribution in [1.82, 2.24) is 0 Å². The molecule has 0 unspecified atom stereocenters. The summed E-state index contributed by atoms with van der Waals surface area (Å²) in [6.07, 6.45) is 2.50. The molecule has 3 heteroatoms. The molecule has 0 bridgehead atoms. The number of aliphatic carboxylic acids is 1. The summed E-state index contributed by atoms with van der Waals surface area (Å²) >= 11 is 0. The molecule has 0 aliphatic rings. The van der Waals surface area contributed by atoms with Gasteiger partial charge in [0.15, 0.2) is 0 Å². The SMILES string of the molecule is C=C(C)C(=O)O.C=CCc1ccccc1O. The zero-order chi connectivity index (χ0) is 12.6. The van der Waals surface area contributed by atoms with Gasteiger partial charge < -0.3 is 10.2 Å². The van der Waals surface area contributed by atoms with Gasteiger partial charge in [0.2, 0.25) is 0 Å². The first-order chi connectivity index (χ1) is 7.49. The lowest BCUT2D eigenvalue weighted by atomic mass is 10.1. The van der Waals surface area contributed by atoms with E-state index in [2.05, 4.69) is 13.2 Å². The molecule has 86 valence electrons. The van der Waals surface area contributed by atoms with Crippen molar-refractivity contribution in [2.75, 3.05) is 0 Å². The van der Waals surface area contributed by atoms with E-state index in [1.165, 1.54) is 6.92 Å². The molecule has 1 rings (SSSR count). The predicted molar refractivity (Wildman–Crippen MR) is 64.5 cm³/mol. The molecular weight excluding hydrogens is 204 g/mol. The third-order valence-electron chi connectivity index (χ3n) is 1.72. The van der Waals surface area contributed by atoms with Crippen LogP contribution in [-0.2, 0) is 11.2 Å². The average Bonchev–Trinajstić information content (AvgIpc) is 2.22. The van der Waals surface area contributed by atoms with Crippen LogP contribution in [0.1, 0.15) is 12.5 Å². The number of rotatable bonds is 3. The molecule has 1 aromatic rings. The monoisotopic (exact) mass is 220 g/mol. The van der Waals surface area contributed by atoms with Crippen molar-refractivity contribution in [3.8, 4) is 5.75 Å². The Kier molecular flexibility index (Phi) is 6.36. The molecule has 0 aliphatic heterocycles. The zero-order valence-electron chi connectivity index (χ0n) is 9.31. The fourth-order valence-electron chi connectivity index (χ4n) is 0.839. The van der Waals surface area contributed by atoms with Gasteiger partial charge in [-0.15, -0.1) is 6.58 Å². The first kappa shape index (κ1) is 14.0. The fourth-order valence-corrected chi connectivity index (χ4v) is 0.839. The molecule has 0 radical (unpaired) electrons. The van der Waals surface area contributed by atoms with Gasteiger partial charge in [-0.2, -0.15) is 0 Å². The smallest absolute Gasteiger partial charge is 0.330 e. The van der Waals surface area contributed by atoms with E-state index < -0.39 is 5.97 Å². The maximum absolute atomic E-state index is 9.60. The van der Waals surface area contributed by atoms with E-state index >= 15 is 0 Å². The Morgan fingerprint density at radius 2 is 1.94 bits per heavy atom. The second-order valence-corrected chi connectivity index (χ2v) is 3.21. The Morgan fingerprint density at radius 1 is 1.44 bits per heavy atom. The van der Waals surface area contributed by atoms with Crippen molar-refractivity contribution < 1.29 is 15.0 Å². The minimum Gasteiger partial charge on any atom is -0.508 e. The van der Waals surface area contributed by atoms with Crippen molar-refractivity contribution in [2.24, 2.45) is 0 Å². The second kappa shape index (κ2) is 7.29.